The molecule has 0 amide bonds. The van der Waals surface area contributed by atoms with E-state index in [1.54, 1.807) is 0 Å². The SMILES string of the molecule is C[Si](C)(CCC(F)(F)C(F)(F)C(F)(F)C(F)(F)C(F)(F)C(F)(F)F)c1ccc([B-](c2ccc([Si](C)(C)CCC(F)(F)C(F)(F)C(F)(F)C(F)(F)C(F)(F)C(F)(F)F)cc2)(c2ccc([Si](C)(C)CCC(F)(F)C(F)(F)C(F)(F)C(F)(F)C(F)(F)C(F)(F)F)cc2)c2ccc([Si](C)(C)CCC(F)(F)C(F)(F)C(F)(F)C(F)(F)C(F)(F)C(F)(F)F)cc2)cc1.Cc1n(CCO)cc[n+]1C. The second-order valence-corrected chi connectivity index (χ2v) is 52.6. The number of rotatable bonds is 38. The van der Waals surface area contributed by atoms with Gasteiger partial charge in [-0.2, -0.15) is 250 Å². The summed E-state index contributed by atoms with van der Waals surface area (Å²) >= 11 is 0. The standard InChI is InChI=1S/C64H56BF52Si4.C7H13N2O/c1-118(2,29-25-41(66,67)45(74,75)49(82,83)53(90,91)57(98,99)61(106,107)108)37-17-9-33(10-18-37)65(34-11-19-38(20-12-34)119(3,4)30-26-42(68,69)46(76,77)50(84,85)54(92,93)58(100,101)62(109,110)111,35-13-21-39(22-14-35)120(5,6)31-27-43(70,71)47(78,79)51(86,87)55(94,95)59(102,103)63(112,113)114)36-15-23-40(24-16-36)121(7,8)32-28-44(72,73)48(80,81)52(88,89)56(96,97)60(104,105)64(115,116)117;1-7-8(2)3-4-9(7)5-6-10/h9-24H,25-32H2,1-8H3;3-4,10H,5-6H2,1-2H3/q-1;+1. The molecule has 752 valence electrons. The summed E-state index contributed by atoms with van der Waals surface area (Å²) in [6, 6.07) is 5.43. The lowest BCUT2D eigenvalue weighted by Crippen LogP contribution is -2.75. The van der Waals surface area contributed by atoms with E-state index in [4.69, 9.17) is 5.11 Å². The van der Waals surface area contributed by atoms with Gasteiger partial charge in [-0.1, -0.05) is 170 Å². The fourth-order valence-electron chi connectivity index (χ4n) is 13.3. The van der Waals surface area contributed by atoms with Gasteiger partial charge >= 0.3 is 143 Å². The molecule has 5 aromatic rings. The number of hydrogen-bond acceptors (Lipinski definition) is 1. The van der Waals surface area contributed by atoms with Crippen molar-refractivity contribution >= 4 is 81.0 Å². The van der Waals surface area contributed by atoms with Gasteiger partial charge < -0.3 is 5.11 Å². The zero-order chi connectivity index (χ0) is 104. The summed E-state index contributed by atoms with van der Waals surface area (Å²) < 4.78 is 741. The van der Waals surface area contributed by atoms with Gasteiger partial charge in [0, 0.05) is 32.6 Å². The van der Waals surface area contributed by atoms with Gasteiger partial charge in [-0.15, -0.1) is 0 Å². The maximum Gasteiger partial charge on any atom is 0.460 e. The lowest BCUT2D eigenvalue weighted by atomic mass is 9.13. The quantitative estimate of drug-likeness (QED) is 0.0238. The summed E-state index contributed by atoms with van der Waals surface area (Å²) in [5.41, 5.74) is -2.01. The lowest BCUT2D eigenvalue weighted by molar-refractivity contribution is -0.677. The number of hydrogen-bond donors (Lipinski definition) is 1. The molecule has 0 spiro atoms. The van der Waals surface area contributed by atoms with Crippen LogP contribution in [0.3, 0.4) is 0 Å². The Kier molecular flexibility index (Phi) is 31.5. The highest BCUT2D eigenvalue weighted by Crippen LogP contribution is 2.66. The van der Waals surface area contributed by atoms with Gasteiger partial charge in [0.25, 0.3) is 5.82 Å². The molecule has 0 radical (unpaired) electrons. The number of imidazole rings is 1. The first-order valence-electron chi connectivity index (χ1n) is 36.5. The van der Waals surface area contributed by atoms with Crippen LogP contribution in [0.1, 0.15) is 31.5 Å². The van der Waals surface area contributed by atoms with Gasteiger partial charge in [0.2, 0.25) is 0 Å². The number of nitrogens with zero attached hydrogens (tertiary/aromatic N) is 2. The molecule has 0 atom stereocenters. The molecule has 0 aliphatic heterocycles. The maximum absolute atomic E-state index is 15.4. The van der Waals surface area contributed by atoms with Crippen LogP contribution in [0.15, 0.2) is 109 Å². The number of aliphatic hydroxyl groups is 1. The minimum Gasteiger partial charge on any atom is -0.392 e. The van der Waals surface area contributed by atoms with Gasteiger partial charge in [0.15, 0.2) is 0 Å². The van der Waals surface area contributed by atoms with Crippen LogP contribution in [0.5, 0.6) is 0 Å². The van der Waals surface area contributed by atoms with Crippen molar-refractivity contribution < 1.29 is 238 Å². The zero-order valence-electron chi connectivity index (χ0n) is 67.5. The summed E-state index contributed by atoms with van der Waals surface area (Å²) in [5.74, 6) is -157. The highest BCUT2D eigenvalue weighted by atomic mass is 28.3. The van der Waals surface area contributed by atoms with Crippen molar-refractivity contribution in [3.8, 4) is 0 Å². The maximum atomic E-state index is 15.4. The molecule has 60 heteroatoms. The van der Waals surface area contributed by atoms with Crippen molar-refractivity contribution in [2.45, 2.75) is 259 Å². The van der Waals surface area contributed by atoms with Crippen LogP contribution in [0.4, 0.5) is 228 Å². The van der Waals surface area contributed by atoms with E-state index < -0.39 is 274 Å². The van der Waals surface area contributed by atoms with Crippen molar-refractivity contribution in [1.82, 2.24) is 4.57 Å². The van der Waals surface area contributed by atoms with E-state index in [9.17, 15) is 193 Å². The molecule has 0 saturated heterocycles. The van der Waals surface area contributed by atoms with Crippen molar-refractivity contribution in [3.63, 3.8) is 0 Å². The Bertz CT molecular complexity index is 4160. The Labute approximate surface area is 709 Å². The van der Waals surface area contributed by atoms with Gasteiger partial charge in [-0.05, 0) is 24.2 Å². The normalized spacial score (nSPS) is 15.6. The molecular weight excluding hydrogens is 2010 g/mol. The molecule has 1 heterocycles. The fraction of sp³-hybridized carbons (Fsp3) is 0.620. The predicted octanol–water partition coefficient (Wildman–Crippen LogP) is 22.9. The number of alkyl halides is 52. The molecule has 0 bridgehead atoms. The highest BCUT2D eigenvalue weighted by Gasteiger charge is 2.95. The second kappa shape index (κ2) is 35.4. The van der Waals surface area contributed by atoms with Crippen molar-refractivity contribution in [3.05, 3.63) is 115 Å². The Morgan fingerprint density at radius 1 is 0.252 bits per heavy atom. The molecule has 0 unspecified atom stereocenters. The monoisotopic (exact) mass is 2080 g/mol. The molecule has 1 aromatic heterocycles. The number of benzene rings is 4. The topological polar surface area (TPSA) is 29.0 Å². The fourth-order valence-corrected chi connectivity index (χ4v) is 22.5. The second-order valence-electron chi connectivity index (χ2n) is 33.3. The summed E-state index contributed by atoms with van der Waals surface area (Å²) in [6.45, 7) is 9.45. The highest BCUT2D eigenvalue weighted by molar-refractivity contribution is 7.20. The third kappa shape index (κ3) is 19.5. The summed E-state index contributed by atoms with van der Waals surface area (Å²) in [5, 5.41) is 6.69. The third-order valence-corrected chi connectivity index (χ3v) is 36.3. The van der Waals surface area contributed by atoms with Crippen LogP contribution in [0, 0.1) is 6.92 Å². The largest absolute Gasteiger partial charge is 0.460 e. The Balaban J connectivity index is 0.00000335. The minimum absolute atomic E-state index is 0.204. The van der Waals surface area contributed by atoms with E-state index in [0.29, 0.717) is 6.54 Å². The van der Waals surface area contributed by atoms with E-state index in [1.807, 2.05) is 35.5 Å². The molecule has 5 rings (SSSR count). The van der Waals surface area contributed by atoms with Crippen LogP contribution < -0.4 is 47.2 Å². The lowest BCUT2D eigenvalue weighted by Gasteiger charge is -2.45. The van der Waals surface area contributed by atoms with Gasteiger partial charge in [0.05, 0.1) is 46.0 Å². The first-order chi connectivity index (χ1) is 57.4. The Hall–Kier alpha value is -6.66. The summed E-state index contributed by atoms with van der Waals surface area (Å²) in [4.78, 5) is 0. The van der Waals surface area contributed by atoms with Crippen LogP contribution in [-0.4, -0.2) is 198 Å². The minimum atomic E-state index is -8.39. The Morgan fingerprint density at radius 2 is 0.405 bits per heavy atom. The third-order valence-electron chi connectivity index (χ3n) is 22.8. The first-order valence-corrected chi connectivity index (χ1v) is 49.3. The molecule has 0 fully saturated rings. The number of aliphatic hydroxyl groups excluding tert-OH is 1. The summed E-state index contributed by atoms with van der Waals surface area (Å²) in [7, 11) is -15.5. The van der Waals surface area contributed by atoms with Gasteiger partial charge in [-0.3, -0.25) is 0 Å². The molecule has 3 nitrogen and oxygen atoms in total. The van der Waals surface area contributed by atoms with Crippen molar-refractivity contribution in [1.29, 1.82) is 0 Å². The van der Waals surface area contributed by atoms with Crippen LogP contribution in [0.25, 0.3) is 0 Å². The van der Waals surface area contributed by atoms with Crippen LogP contribution >= 0.6 is 0 Å². The molecule has 0 saturated carbocycles. The smallest absolute Gasteiger partial charge is 0.392 e. The molecule has 0 aliphatic rings. The van der Waals surface area contributed by atoms with Crippen molar-refractivity contribution in [2.24, 2.45) is 7.05 Å². The molecule has 0 aliphatic carbocycles. The van der Waals surface area contributed by atoms with E-state index in [1.165, 1.54) is 0 Å². The van der Waals surface area contributed by atoms with Crippen LogP contribution in [-0.2, 0) is 13.6 Å². The number of halogens is 52. The predicted molar refractivity (Wildman–Crippen MR) is 377 cm³/mol. The number of aryl methyl sites for hydroxylation is 1. The van der Waals surface area contributed by atoms with E-state index in [2.05, 4.69) is 0 Å². The molecular formula is C71H69BF52N2OSi4. The summed E-state index contributed by atoms with van der Waals surface area (Å²) in [6.07, 6.45) is -42.7. The van der Waals surface area contributed by atoms with E-state index >= 15 is 35.1 Å². The number of aromatic nitrogens is 2. The molecule has 4 aromatic carbocycles. The Morgan fingerprint density at radius 3 is 0.534 bits per heavy atom. The van der Waals surface area contributed by atoms with E-state index in [-0.39, 0.29) is 6.61 Å². The van der Waals surface area contributed by atoms with Crippen LogP contribution in [0.2, 0.25) is 76.6 Å². The average Bonchev–Trinajstić information content (AvgIpc) is 0.745. The molecule has 1 N–H and O–H groups in total. The van der Waals surface area contributed by atoms with E-state index in [0.717, 1.165) is 155 Å². The van der Waals surface area contributed by atoms with Crippen molar-refractivity contribution in [2.75, 3.05) is 6.61 Å². The zero-order valence-corrected chi connectivity index (χ0v) is 71.5. The molecule has 131 heavy (non-hydrogen) atoms. The van der Waals surface area contributed by atoms with Gasteiger partial charge in [-0.25, -0.2) is 9.13 Å². The first kappa shape index (κ1) is 117. The van der Waals surface area contributed by atoms with Gasteiger partial charge in [0.1, 0.15) is 25.1 Å². The average molecular weight is 2080 g/mol.